The molecule has 0 atom stereocenters. The van der Waals surface area contributed by atoms with Crippen LogP contribution in [0.2, 0.25) is 0 Å². The Kier molecular flexibility index (Phi) is 11.3. The molecule has 0 aromatic heterocycles. The Hall–Kier alpha value is -1.99. The lowest BCUT2D eigenvalue weighted by Crippen LogP contribution is -2.38. The normalized spacial score (nSPS) is 15.2. The number of methoxy groups -OCH3 is 2. The van der Waals surface area contributed by atoms with E-state index in [0.29, 0.717) is 5.92 Å². The summed E-state index contributed by atoms with van der Waals surface area (Å²) in [4.78, 5) is 4.28. The van der Waals surface area contributed by atoms with Gasteiger partial charge < -0.3 is 29.6 Å². The fourth-order valence-corrected chi connectivity index (χ4v) is 3.30. The van der Waals surface area contributed by atoms with E-state index in [2.05, 4.69) is 21.7 Å². The fraction of sp³-hybridized carbons (Fsp3) is 0.682. The highest BCUT2D eigenvalue weighted by Crippen LogP contribution is 2.27. The third-order valence-corrected chi connectivity index (χ3v) is 5.06. The maximum absolute atomic E-state index is 5.80. The number of benzene rings is 1. The summed E-state index contributed by atoms with van der Waals surface area (Å²) in [6.45, 7) is 5.09. The van der Waals surface area contributed by atoms with Gasteiger partial charge in [-0.05, 0) is 55.7 Å². The second-order valence-electron chi connectivity index (χ2n) is 7.20. The Morgan fingerprint density at radius 3 is 2.48 bits per heavy atom. The first-order valence-corrected chi connectivity index (χ1v) is 10.6. The number of nitrogens with one attached hydrogen (secondary N) is 2. The number of nitrogens with zero attached hydrogens (tertiary/aromatic N) is 1. The van der Waals surface area contributed by atoms with Crippen molar-refractivity contribution in [2.24, 2.45) is 10.9 Å². The van der Waals surface area contributed by atoms with E-state index in [4.69, 9.17) is 18.9 Å². The summed E-state index contributed by atoms with van der Waals surface area (Å²) in [5.41, 5.74) is 1.23. The summed E-state index contributed by atoms with van der Waals surface area (Å²) in [5, 5.41) is 6.70. The van der Waals surface area contributed by atoms with Crippen LogP contribution >= 0.6 is 0 Å². The molecule has 7 heteroatoms. The van der Waals surface area contributed by atoms with Crippen molar-refractivity contribution in [3.8, 4) is 11.5 Å². The van der Waals surface area contributed by atoms with Crippen LogP contribution in [0.25, 0.3) is 0 Å². The van der Waals surface area contributed by atoms with Gasteiger partial charge in [-0.2, -0.15) is 0 Å². The molecule has 1 saturated heterocycles. The lowest BCUT2D eigenvalue weighted by atomic mass is 10.0. The Morgan fingerprint density at radius 1 is 1.07 bits per heavy atom. The smallest absolute Gasteiger partial charge is 0.190 e. The zero-order chi connectivity index (χ0) is 20.7. The summed E-state index contributed by atoms with van der Waals surface area (Å²) in [6, 6.07) is 6.06. The molecule has 0 spiro atoms. The van der Waals surface area contributed by atoms with E-state index in [0.717, 1.165) is 89.1 Å². The first kappa shape index (κ1) is 23.3. The average molecular weight is 408 g/mol. The Bertz CT molecular complexity index is 604. The van der Waals surface area contributed by atoms with E-state index in [9.17, 15) is 0 Å². The van der Waals surface area contributed by atoms with Gasteiger partial charge >= 0.3 is 0 Å². The molecule has 1 aromatic rings. The third-order valence-electron chi connectivity index (χ3n) is 5.06. The van der Waals surface area contributed by atoms with E-state index in [-0.39, 0.29) is 0 Å². The van der Waals surface area contributed by atoms with Crippen LogP contribution in [0.4, 0.5) is 0 Å². The van der Waals surface area contributed by atoms with Crippen molar-refractivity contribution in [2.75, 3.05) is 60.8 Å². The molecule has 1 aliphatic heterocycles. The summed E-state index contributed by atoms with van der Waals surface area (Å²) >= 11 is 0. The summed E-state index contributed by atoms with van der Waals surface area (Å²) in [7, 11) is 5.11. The molecule has 1 aromatic carbocycles. The standard InChI is InChI=1S/C22H37N3O4/c1-23-22(25-12-5-13-29-17-19-9-14-28-15-10-19)24-11-4-6-18-7-8-20(26-2)21(16-18)27-3/h7-8,16,19H,4-6,9-15,17H2,1-3H3,(H2,23,24,25). The molecule has 0 unspecified atom stereocenters. The Labute approximate surface area is 175 Å². The number of guanidine groups is 1. The molecule has 164 valence electrons. The second-order valence-corrected chi connectivity index (χ2v) is 7.20. The van der Waals surface area contributed by atoms with Crippen LogP contribution in [0.3, 0.4) is 0 Å². The van der Waals surface area contributed by atoms with Crippen molar-refractivity contribution < 1.29 is 18.9 Å². The molecule has 7 nitrogen and oxygen atoms in total. The van der Waals surface area contributed by atoms with Gasteiger partial charge in [0.15, 0.2) is 17.5 Å². The third kappa shape index (κ3) is 8.92. The molecular weight excluding hydrogens is 370 g/mol. The number of ether oxygens (including phenoxy) is 4. The largest absolute Gasteiger partial charge is 0.493 e. The van der Waals surface area contributed by atoms with Crippen LogP contribution in [-0.2, 0) is 15.9 Å². The topological polar surface area (TPSA) is 73.3 Å². The second kappa shape index (κ2) is 14.1. The monoisotopic (exact) mass is 407 g/mol. The highest BCUT2D eigenvalue weighted by Gasteiger charge is 2.13. The fourth-order valence-electron chi connectivity index (χ4n) is 3.30. The number of hydrogen-bond donors (Lipinski definition) is 2. The minimum atomic E-state index is 0.664. The highest BCUT2D eigenvalue weighted by atomic mass is 16.5. The van der Waals surface area contributed by atoms with Gasteiger partial charge in [-0.25, -0.2) is 0 Å². The van der Waals surface area contributed by atoms with Crippen molar-refractivity contribution in [3.05, 3.63) is 23.8 Å². The molecule has 0 radical (unpaired) electrons. The van der Waals surface area contributed by atoms with Gasteiger partial charge in [0.2, 0.25) is 0 Å². The summed E-state index contributed by atoms with van der Waals surface area (Å²) < 4.78 is 21.8. The SMILES string of the molecule is CN=C(NCCCOCC1CCOCC1)NCCCc1ccc(OC)c(OC)c1. The van der Waals surface area contributed by atoms with Crippen LogP contribution in [-0.4, -0.2) is 66.7 Å². The quantitative estimate of drug-likeness (QED) is 0.315. The van der Waals surface area contributed by atoms with Gasteiger partial charge in [0.1, 0.15) is 0 Å². The molecule has 2 rings (SSSR count). The highest BCUT2D eigenvalue weighted by molar-refractivity contribution is 5.79. The van der Waals surface area contributed by atoms with Crippen LogP contribution in [0.1, 0.15) is 31.2 Å². The number of hydrogen-bond acceptors (Lipinski definition) is 5. The predicted octanol–water partition coefficient (Wildman–Crippen LogP) is 2.63. The van der Waals surface area contributed by atoms with Gasteiger partial charge in [0, 0.05) is 46.6 Å². The number of aryl methyl sites for hydroxylation is 1. The average Bonchev–Trinajstić information content (AvgIpc) is 2.77. The van der Waals surface area contributed by atoms with E-state index >= 15 is 0 Å². The summed E-state index contributed by atoms with van der Waals surface area (Å²) in [5.74, 6) is 3.03. The first-order chi connectivity index (χ1) is 14.3. The van der Waals surface area contributed by atoms with Gasteiger partial charge in [-0.3, -0.25) is 4.99 Å². The zero-order valence-electron chi connectivity index (χ0n) is 18.2. The van der Waals surface area contributed by atoms with Crippen molar-refractivity contribution in [3.63, 3.8) is 0 Å². The van der Waals surface area contributed by atoms with Crippen molar-refractivity contribution in [2.45, 2.75) is 32.1 Å². The molecule has 2 N–H and O–H groups in total. The Balaban J connectivity index is 1.53. The lowest BCUT2D eigenvalue weighted by Gasteiger charge is -2.21. The molecule has 0 amide bonds. The van der Waals surface area contributed by atoms with Gasteiger partial charge in [-0.15, -0.1) is 0 Å². The molecule has 0 saturated carbocycles. The molecule has 0 aliphatic carbocycles. The van der Waals surface area contributed by atoms with Crippen LogP contribution < -0.4 is 20.1 Å². The van der Waals surface area contributed by atoms with Gasteiger partial charge in [0.25, 0.3) is 0 Å². The van der Waals surface area contributed by atoms with Crippen molar-refractivity contribution >= 4 is 5.96 Å². The first-order valence-electron chi connectivity index (χ1n) is 10.6. The molecule has 0 bridgehead atoms. The van der Waals surface area contributed by atoms with Crippen LogP contribution in [0.15, 0.2) is 23.2 Å². The maximum Gasteiger partial charge on any atom is 0.190 e. The minimum Gasteiger partial charge on any atom is -0.493 e. The van der Waals surface area contributed by atoms with Gasteiger partial charge in [0.05, 0.1) is 14.2 Å². The van der Waals surface area contributed by atoms with E-state index in [1.54, 1.807) is 21.3 Å². The van der Waals surface area contributed by atoms with Crippen molar-refractivity contribution in [1.82, 2.24) is 10.6 Å². The molecule has 29 heavy (non-hydrogen) atoms. The van der Waals surface area contributed by atoms with E-state index in [1.165, 1.54) is 5.56 Å². The molecule has 1 fully saturated rings. The van der Waals surface area contributed by atoms with Gasteiger partial charge in [-0.1, -0.05) is 6.07 Å². The Morgan fingerprint density at radius 2 is 1.79 bits per heavy atom. The summed E-state index contributed by atoms with van der Waals surface area (Å²) in [6.07, 6.45) is 5.18. The van der Waals surface area contributed by atoms with E-state index in [1.807, 2.05) is 12.1 Å². The lowest BCUT2D eigenvalue weighted by molar-refractivity contribution is 0.0203. The zero-order valence-corrected chi connectivity index (χ0v) is 18.2. The maximum atomic E-state index is 5.80. The molecular formula is C22H37N3O4. The van der Waals surface area contributed by atoms with Crippen molar-refractivity contribution in [1.29, 1.82) is 0 Å². The number of rotatable bonds is 12. The van der Waals surface area contributed by atoms with Crippen LogP contribution in [0.5, 0.6) is 11.5 Å². The molecule has 1 aliphatic rings. The minimum absolute atomic E-state index is 0.664. The van der Waals surface area contributed by atoms with E-state index < -0.39 is 0 Å². The predicted molar refractivity (Wildman–Crippen MR) is 116 cm³/mol. The molecule has 1 heterocycles. The number of aliphatic imine (C=N–C) groups is 1. The van der Waals surface area contributed by atoms with Crippen LogP contribution in [0, 0.1) is 5.92 Å².